The van der Waals surface area contributed by atoms with Crippen molar-refractivity contribution in [3.63, 3.8) is 0 Å². The molecule has 0 saturated heterocycles. The topological polar surface area (TPSA) is 26.0 Å². The van der Waals surface area contributed by atoms with Crippen molar-refractivity contribution >= 4 is 40.3 Å². The first-order chi connectivity index (χ1) is 18.0. The minimum atomic E-state index is -2.00. The van der Waals surface area contributed by atoms with Crippen molar-refractivity contribution < 1.29 is 9.30 Å². The van der Waals surface area contributed by atoms with E-state index in [0.29, 0.717) is 5.88 Å². The number of ether oxygens (including phenoxy) is 1. The quantitative estimate of drug-likeness (QED) is 0.186. The number of hydrogen-bond donors (Lipinski definition) is 0. The standard InChI is InChI=1S/C34H37N2OSi/c1-21-17-24-18-23(20-34(3,4)5)19-27-30(24)29(22(21)2)32-33(37-27)35-31-26(36(32)6)15-12-16-28(31)38(7,8)25-13-10-9-11-14-25/h9-19H,20H2,1-8H3/q+1. The minimum Gasteiger partial charge on any atom is -0.433 e. The summed E-state index contributed by atoms with van der Waals surface area (Å²) in [7, 11) is 0.171. The first-order valence-electron chi connectivity index (χ1n) is 13.6. The Morgan fingerprint density at radius 1 is 0.921 bits per heavy atom. The zero-order valence-corrected chi connectivity index (χ0v) is 24.9. The molecule has 0 amide bonds. The Bertz CT molecular complexity index is 1750. The summed E-state index contributed by atoms with van der Waals surface area (Å²) in [6.07, 6.45) is 0.994. The number of fused-ring (bicyclic) bond motifs is 3. The second-order valence-electron chi connectivity index (χ2n) is 12.7. The van der Waals surface area contributed by atoms with Crippen LogP contribution in [0.2, 0.25) is 13.1 Å². The van der Waals surface area contributed by atoms with Gasteiger partial charge in [-0.2, -0.15) is 4.57 Å². The summed E-state index contributed by atoms with van der Waals surface area (Å²) >= 11 is 0. The van der Waals surface area contributed by atoms with Crippen LogP contribution in [0.5, 0.6) is 11.6 Å². The molecule has 0 aliphatic carbocycles. The Balaban J connectivity index is 1.65. The molecule has 1 aliphatic rings. The fourth-order valence-corrected chi connectivity index (χ4v) is 8.82. The maximum Gasteiger partial charge on any atom is 0.294 e. The van der Waals surface area contributed by atoms with Crippen molar-refractivity contribution in [1.82, 2.24) is 4.98 Å². The largest absolute Gasteiger partial charge is 0.433 e. The van der Waals surface area contributed by atoms with Gasteiger partial charge in [0.25, 0.3) is 11.6 Å². The molecule has 0 spiro atoms. The summed E-state index contributed by atoms with van der Waals surface area (Å²) in [5.74, 6) is 1.64. The van der Waals surface area contributed by atoms with Crippen molar-refractivity contribution in [2.24, 2.45) is 12.5 Å². The molecule has 5 aromatic rings. The van der Waals surface area contributed by atoms with Crippen LogP contribution in [0.15, 0.2) is 66.7 Å². The van der Waals surface area contributed by atoms with E-state index in [2.05, 4.69) is 126 Å². The maximum atomic E-state index is 6.75. The van der Waals surface area contributed by atoms with Crippen LogP contribution in [-0.4, -0.2) is 13.1 Å². The summed E-state index contributed by atoms with van der Waals surface area (Å²) < 4.78 is 9.05. The predicted octanol–water partition coefficient (Wildman–Crippen LogP) is 7.01. The van der Waals surface area contributed by atoms with Gasteiger partial charge in [0.2, 0.25) is 5.52 Å². The Labute approximate surface area is 227 Å². The average Bonchev–Trinajstić information content (AvgIpc) is 2.85. The van der Waals surface area contributed by atoms with E-state index in [4.69, 9.17) is 9.72 Å². The third-order valence-corrected chi connectivity index (χ3v) is 11.8. The molecule has 0 N–H and O–H groups in total. The lowest BCUT2D eigenvalue weighted by atomic mass is 9.85. The third kappa shape index (κ3) is 3.85. The smallest absolute Gasteiger partial charge is 0.294 e. The van der Waals surface area contributed by atoms with E-state index in [1.54, 1.807) is 0 Å². The van der Waals surface area contributed by atoms with Crippen LogP contribution >= 0.6 is 0 Å². The molecule has 6 rings (SSSR count). The van der Waals surface area contributed by atoms with Gasteiger partial charge in [0.05, 0.1) is 5.56 Å². The van der Waals surface area contributed by atoms with Crippen LogP contribution < -0.4 is 19.7 Å². The third-order valence-electron chi connectivity index (χ3n) is 8.26. The number of nitrogens with zero attached hydrogens (tertiary/aromatic N) is 2. The summed E-state index contributed by atoms with van der Waals surface area (Å²) in [4.78, 5) is 5.32. The first-order valence-corrected chi connectivity index (χ1v) is 16.6. The lowest BCUT2D eigenvalue weighted by molar-refractivity contribution is -0.634. The van der Waals surface area contributed by atoms with E-state index in [1.165, 1.54) is 43.4 Å². The summed E-state index contributed by atoms with van der Waals surface area (Å²) in [5, 5.41) is 5.19. The molecule has 0 saturated carbocycles. The highest BCUT2D eigenvalue weighted by molar-refractivity contribution is 7.01. The molecule has 2 heterocycles. The summed E-state index contributed by atoms with van der Waals surface area (Å²) in [6.45, 7) is 16.2. The second kappa shape index (κ2) is 8.50. The van der Waals surface area contributed by atoms with E-state index in [-0.39, 0.29) is 5.41 Å². The predicted molar refractivity (Wildman–Crippen MR) is 162 cm³/mol. The van der Waals surface area contributed by atoms with E-state index < -0.39 is 8.07 Å². The van der Waals surface area contributed by atoms with Crippen LogP contribution in [0.3, 0.4) is 0 Å². The monoisotopic (exact) mass is 517 g/mol. The van der Waals surface area contributed by atoms with Gasteiger partial charge in [-0.1, -0.05) is 93.6 Å². The second-order valence-corrected chi connectivity index (χ2v) is 17.1. The first kappa shape index (κ1) is 24.8. The van der Waals surface area contributed by atoms with Crippen molar-refractivity contribution in [3.8, 4) is 22.9 Å². The van der Waals surface area contributed by atoms with Gasteiger partial charge in [-0.15, -0.1) is 0 Å². The molecule has 0 bridgehead atoms. The number of hydrogen-bond acceptors (Lipinski definition) is 2. The number of benzene rings is 4. The highest BCUT2D eigenvalue weighted by Gasteiger charge is 2.36. The van der Waals surface area contributed by atoms with Gasteiger partial charge in [-0.25, -0.2) is 4.98 Å². The van der Waals surface area contributed by atoms with Gasteiger partial charge in [0.15, 0.2) is 0 Å². The Morgan fingerprint density at radius 2 is 1.66 bits per heavy atom. The molecule has 0 radical (unpaired) electrons. The number of para-hydroxylation sites is 1. The molecule has 4 aromatic carbocycles. The number of rotatable bonds is 3. The van der Waals surface area contributed by atoms with Crippen LogP contribution in [-0.2, 0) is 13.5 Å². The van der Waals surface area contributed by atoms with Gasteiger partial charge in [0.1, 0.15) is 26.4 Å². The molecule has 38 heavy (non-hydrogen) atoms. The number of aryl methyl sites for hydroxylation is 2. The fraction of sp³-hybridized carbons (Fsp3) is 0.294. The molecule has 192 valence electrons. The molecule has 3 nitrogen and oxygen atoms in total. The molecule has 1 aliphatic heterocycles. The average molecular weight is 518 g/mol. The minimum absolute atomic E-state index is 0.193. The highest BCUT2D eigenvalue weighted by atomic mass is 28.3. The van der Waals surface area contributed by atoms with Gasteiger partial charge in [-0.3, -0.25) is 0 Å². The molecule has 0 fully saturated rings. The van der Waals surface area contributed by atoms with Crippen LogP contribution in [0.1, 0.15) is 37.5 Å². The maximum absolute atomic E-state index is 6.75. The van der Waals surface area contributed by atoms with Crippen LogP contribution in [0.25, 0.3) is 33.1 Å². The van der Waals surface area contributed by atoms with E-state index in [0.717, 1.165) is 28.9 Å². The van der Waals surface area contributed by atoms with Crippen LogP contribution in [0.4, 0.5) is 0 Å². The van der Waals surface area contributed by atoms with Gasteiger partial charge in [-0.05, 0) is 59.0 Å². The summed E-state index contributed by atoms with van der Waals surface area (Å²) in [5.41, 5.74) is 8.59. The van der Waals surface area contributed by atoms with Crippen molar-refractivity contribution in [2.75, 3.05) is 0 Å². The van der Waals surface area contributed by atoms with Crippen LogP contribution in [0, 0.1) is 19.3 Å². The Kier molecular flexibility index (Phi) is 5.55. The molecule has 1 aromatic heterocycles. The van der Waals surface area contributed by atoms with Crippen molar-refractivity contribution in [1.29, 1.82) is 0 Å². The normalized spacial score (nSPS) is 13.1. The lowest BCUT2D eigenvalue weighted by Crippen LogP contribution is -2.53. The Morgan fingerprint density at radius 3 is 2.37 bits per heavy atom. The van der Waals surface area contributed by atoms with Gasteiger partial charge >= 0.3 is 0 Å². The summed E-state index contributed by atoms with van der Waals surface area (Å²) in [6, 6.07) is 24.5. The molecule has 0 unspecified atom stereocenters. The van der Waals surface area contributed by atoms with Crippen molar-refractivity contribution in [3.05, 3.63) is 83.4 Å². The molecule has 4 heteroatoms. The van der Waals surface area contributed by atoms with Crippen molar-refractivity contribution in [2.45, 2.75) is 54.1 Å². The van der Waals surface area contributed by atoms with E-state index in [1.807, 2.05) is 0 Å². The zero-order valence-electron chi connectivity index (χ0n) is 23.9. The van der Waals surface area contributed by atoms with Gasteiger partial charge < -0.3 is 4.74 Å². The zero-order chi connectivity index (χ0) is 27.0. The SMILES string of the molecule is Cc1cc2cc(CC(C)(C)C)cc3c2c(c1C)-c1c(nc2c([Si](C)(C)c4ccccc4)cccc2[n+]1C)O3. The highest BCUT2D eigenvalue weighted by Crippen LogP contribution is 2.47. The fourth-order valence-electron chi connectivity index (χ4n) is 6.20. The molecule has 0 atom stereocenters. The van der Waals surface area contributed by atoms with Gasteiger partial charge in [0, 0.05) is 11.5 Å². The van der Waals surface area contributed by atoms with E-state index in [9.17, 15) is 0 Å². The molecular weight excluding hydrogens is 480 g/mol. The molecular formula is C34H37N2OSi+. The number of aromatic nitrogens is 2. The Hall–Kier alpha value is -3.50. The lowest BCUT2D eigenvalue weighted by Gasteiger charge is -2.26. The van der Waals surface area contributed by atoms with E-state index >= 15 is 0 Å².